The van der Waals surface area contributed by atoms with Crippen molar-refractivity contribution >= 4 is 27.6 Å². The number of likely N-dealkylation sites (tertiary alicyclic amines) is 1. The third-order valence-electron chi connectivity index (χ3n) is 3.60. The standard InChI is InChI=1S/C13H15N3O7S/c17-12-7-9(13(18)19)8-15(12)6-5-14-24(22,23)11-3-1-10(2-4-11)16(20)21/h1-4,9,14H,5-8H2,(H,18,19). The number of hydrogen-bond acceptors (Lipinski definition) is 6. The van der Waals surface area contributed by atoms with E-state index in [4.69, 9.17) is 5.11 Å². The van der Waals surface area contributed by atoms with E-state index < -0.39 is 26.8 Å². The molecule has 11 heteroatoms. The van der Waals surface area contributed by atoms with Crippen molar-refractivity contribution in [3.8, 4) is 0 Å². The first-order valence-electron chi connectivity index (χ1n) is 6.95. The number of rotatable bonds is 7. The molecule has 1 unspecified atom stereocenters. The van der Waals surface area contributed by atoms with Crippen molar-refractivity contribution in [3.05, 3.63) is 34.4 Å². The van der Waals surface area contributed by atoms with Crippen molar-refractivity contribution in [2.24, 2.45) is 5.92 Å². The molecule has 1 atom stereocenters. The fraction of sp³-hybridized carbons (Fsp3) is 0.385. The van der Waals surface area contributed by atoms with Crippen molar-refractivity contribution in [2.45, 2.75) is 11.3 Å². The van der Waals surface area contributed by atoms with Crippen LogP contribution in [0.5, 0.6) is 0 Å². The topological polar surface area (TPSA) is 147 Å². The number of nitro benzene ring substituents is 1. The van der Waals surface area contributed by atoms with E-state index in [2.05, 4.69) is 4.72 Å². The van der Waals surface area contributed by atoms with Gasteiger partial charge in [0, 0.05) is 38.2 Å². The van der Waals surface area contributed by atoms with E-state index >= 15 is 0 Å². The van der Waals surface area contributed by atoms with Gasteiger partial charge < -0.3 is 10.0 Å². The quantitative estimate of drug-likeness (QED) is 0.507. The minimum absolute atomic E-state index is 0.0490. The highest BCUT2D eigenvalue weighted by molar-refractivity contribution is 7.89. The van der Waals surface area contributed by atoms with E-state index in [-0.39, 0.29) is 42.5 Å². The number of carbonyl (C=O) groups excluding carboxylic acids is 1. The zero-order chi connectivity index (χ0) is 17.9. The number of nitrogens with zero attached hydrogens (tertiary/aromatic N) is 2. The lowest BCUT2D eigenvalue weighted by Crippen LogP contribution is -2.36. The molecule has 10 nitrogen and oxygen atoms in total. The number of nitro groups is 1. The maximum atomic E-state index is 12.1. The Balaban J connectivity index is 1.92. The van der Waals surface area contributed by atoms with Gasteiger partial charge in [-0.25, -0.2) is 13.1 Å². The molecule has 1 heterocycles. The van der Waals surface area contributed by atoms with Gasteiger partial charge in [-0.2, -0.15) is 0 Å². The van der Waals surface area contributed by atoms with Crippen LogP contribution in [0.15, 0.2) is 29.2 Å². The number of hydrogen-bond donors (Lipinski definition) is 2. The van der Waals surface area contributed by atoms with Crippen LogP contribution in [0.25, 0.3) is 0 Å². The number of nitrogens with one attached hydrogen (secondary N) is 1. The second-order valence-corrected chi connectivity index (χ2v) is 6.99. The van der Waals surface area contributed by atoms with Gasteiger partial charge in [-0.15, -0.1) is 0 Å². The van der Waals surface area contributed by atoms with Crippen molar-refractivity contribution in [2.75, 3.05) is 19.6 Å². The van der Waals surface area contributed by atoms with Gasteiger partial charge >= 0.3 is 5.97 Å². The Labute approximate surface area is 137 Å². The average molecular weight is 357 g/mol. The highest BCUT2D eigenvalue weighted by Crippen LogP contribution is 2.18. The number of benzene rings is 1. The van der Waals surface area contributed by atoms with Crippen molar-refractivity contribution in [3.63, 3.8) is 0 Å². The average Bonchev–Trinajstić information content (AvgIpc) is 2.89. The molecule has 1 fully saturated rings. The molecule has 0 radical (unpaired) electrons. The third-order valence-corrected chi connectivity index (χ3v) is 5.07. The van der Waals surface area contributed by atoms with E-state index in [1.165, 1.54) is 4.90 Å². The molecule has 24 heavy (non-hydrogen) atoms. The Hall–Kier alpha value is -2.53. The van der Waals surface area contributed by atoms with Gasteiger partial charge in [0.2, 0.25) is 15.9 Å². The van der Waals surface area contributed by atoms with Crippen LogP contribution < -0.4 is 4.72 Å². The zero-order valence-corrected chi connectivity index (χ0v) is 13.2. The number of non-ortho nitro benzene ring substituents is 1. The fourth-order valence-electron chi connectivity index (χ4n) is 2.30. The van der Waals surface area contributed by atoms with Crippen molar-refractivity contribution < 1.29 is 28.0 Å². The van der Waals surface area contributed by atoms with Crippen LogP contribution in [0.4, 0.5) is 5.69 Å². The third kappa shape index (κ3) is 4.06. The van der Waals surface area contributed by atoms with Crippen LogP contribution >= 0.6 is 0 Å². The predicted molar refractivity (Wildman–Crippen MR) is 80.6 cm³/mol. The summed E-state index contributed by atoms with van der Waals surface area (Å²) < 4.78 is 26.4. The molecule has 130 valence electrons. The maximum absolute atomic E-state index is 12.1. The summed E-state index contributed by atoms with van der Waals surface area (Å²) in [6, 6.07) is 4.38. The summed E-state index contributed by atoms with van der Waals surface area (Å²) in [6.45, 7) is 0.0135. The number of carbonyl (C=O) groups is 2. The van der Waals surface area contributed by atoms with Crippen LogP contribution in [-0.2, 0) is 19.6 Å². The van der Waals surface area contributed by atoms with Gasteiger partial charge in [0.25, 0.3) is 5.69 Å². The van der Waals surface area contributed by atoms with Crippen LogP contribution in [0.3, 0.4) is 0 Å². The predicted octanol–water partition coefficient (Wildman–Crippen LogP) is -0.194. The first kappa shape index (κ1) is 17.8. The summed E-state index contributed by atoms with van der Waals surface area (Å²) in [5.41, 5.74) is -0.226. The minimum Gasteiger partial charge on any atom is -0.481 e. The number of amides is 1. The lowest BCUT2D eigenvalue weighted by Gasteiger charge is -2.16. The van der Waals surface area contributed by atoms with E-state index in [0.717, 1.165) is 24.3 Å². The molecule has 2 rings (SSSR count). The summed E-state index contributed by atoms with van der Waals surface area (Å²) in [5, 5.41) is 19.4. The number of carboxylic acid groups (broad SMARTS) is 1. The Kier molecular flexibility index (Phi) is 5.14. The summed E-state index contributed by atoms with van der Waals surface area (Å²) in [7, 11) is -3.87. The van der Waals surface area contributed by atoms with Crippen molar-refractivity contribution in [1.29, 1.82) is 0 Å². The van der Waals surface area contributed by atoms with Crippen molar-refractivity contribution in [1.82, 2.24) is 9.62 Å². The van der Waals surface area contributed by atoms with Crippen LogP contribution in [0.1, 0.15) is 6.42 Å². The molecule has 1 saturated heterocycles. The largest absolute Gasteiger partial charge is 0.481 e. The Morgan fingerprint density at radius 1 is 1.38 bits per heavy atom. The molecule has 1 amide bonds. The molecule has 1 aliphatic rings. The van der Waals surface area contributed by atoms with Gasteiger partial charge in [0.15, 0.2) is 0 Å². The normalized spacial score (nSPS) is 17.9. The number of aliphatic carboxylic acids is 1. The molecule has 0 aromatic heterocycles. The summed E-state index contributed by atoms with van der Waals surface area (Å²) >= 11 is 0. The van der Waals surface area contributed by atoms with E-state index in [1.54, 1.807) is 0 Å². The van der Waals surface area contributed by atoms with Crippen LogP contribution in [0.2, 0.25) is 0 Å². The van der Waals surface area contributed by atoms with Gasteiger partial charge in [-0.1, -0.05) is 0 Å². The highest BCUT2D eigenvalue weighted by atomic mass is 32.2. The van der Waals surface area contributed by atoms with Crippen LogP contribution in [-0.4, -0.2) is 54.9 Å². The van der Waals surface area contributed by atoms with E-state index in [9.17, 15) is 28.1 Å². The number of carboxylic acids is 1. The molecular weight excluding hydrogens is 342 g/mol. The lowest BCUT2D eigenvalue weighted by molar-refractivity contribution is -0.384. The molecule has 2 N–H and O–H groups in total. The monoisotopic (exact) mass is 357 g/mol. The second-order valence-electron chi connectivity index (χ2n) is 5.23. The summed E-state index contributed by atoms with van der Waals surface area (Å²) in [4.78, 5) is 33.5. The molecular formula is C13H15N3O7S. The molecule has 1 aromatic carbocycles. The van der Waals surface area contributed by atoms with Crippen LogP contribution in [0, 0.1) is 16.0 Å². The first-order valence-corrected chi connectivity index (χ1v) is 8.44. The fourth-order valence-corrected chi connectivity index (χ4v) is 3.32. The maximum Gasteiger partial charge on any atom is 0.308 e. The molecule has 0 aliphatic carbocycles. The second kappa shape index (κ2) is 6.93. The molecule has 0 spiro atoms. The van der Waals surface area contributed by atoms with Gasteiger partial charge in [-0.05, 0) is 12.1 Å². The van der Waals surface area contributed by atoms with Gasteiger partial charge in [0.05, 0.1) is 15.7 Å². The molecule has 0 bridgehead atoms. The Morgan fingerprint density at radius 2 is 2.00 bits per heavy atom. The SMILES string of the molecule is O=C(O)C1CC(=O)N(CCNS(=O)(=O)c2ccc([N+](=O)[O-])cc2)C1. The Morgan fingerprint density at radius 3 is 2.50 bits per heavy atom. The first-order chi connectivity index (χ1) is 11.2. The number of sulfonamides is 1. The van der Waals surface area contributed by atoms with Gasteiger partial charge in [0.1, 0.15) is 0 Å². The van der Waals surface area contributed by atoms with Gasteiger partial charge in [-0.3, -0.25) is 19.7 Å². The minimum atomic E-state index is -3.87. The summed E-state index contributed by atoms with van der Waals surface area (Å²) in [5.74, 6) is -2.17. The smallest absolute Gasteiger partial charge is 0.308 e. The van der Waals surface area contributed by atoms with E-state index in [1.807, 2.05) is 0 Å². The molecule has 1 aliphatic heterocycles. The molecule has 0 saturated carbocycles. The summed E-state index contributed by atoms with van der Waals surface area (Å²) in [6.07, 6.45) is -0.0928. The molecule has 1 aromatic rings. The highest BCUT2D eigenvalue weighted by Gasteiger charge is 2.33. The Bertz CT molecular complexity index is 760. The zero-order valence-electron chi connectivity index (χ0n) is 12.4. The van der Waals surface area contributed by atoms with E-state index in [0.29, 0.717) is 0 Å². The lowest BCUT2D eigenvalue weighted by atomic mass is 10.1.